The van der Waals surface area contributed by atoms with Gasteiger partial charge in [-0.3, -0.25) is 19.3 Å². The second-order valence-corrected chi connectivity index (χ2v) is 6.13. The van der Waals surface area contributed by atoms with Crippen LogP contribution in [-0.4, -0.2) is 30.9 Å². The molecule has 2 N–H and O–H groups in total. The SMILES string of the molecule is CCOC(=O)CC1=CC(=O)N(CC(=O)Nc2ccccc2)c2ccccc2N1. The number of fused-ring (bicyclic) bond motifs is 1. The molecule has 0 atom stereocenters. The lowest BCUT2D eigenvalue weighted by Crippen LogP contribution is -2.37. The highest BCUT2D eigenvalue weighted by Crippen LogP contribution is 2.30. The highest BCUT2D eigenvalue weighted by molar-refractivity contribution is 6.10. The average Bonchev–Trinajstić information content (AvgIpc) is 2.79. The topological polar surface area (TPSA) is 87.7 Å². The van der Waals surface area contributed by atoms with Crippen molar-refractivity contribution in [1.82, 2.24) is 0 Å². The summed E-state index contributed by atoms with van der Waals surface area (Å²) in [5.74, 6) is -1.14. The van der Waals surface area contributed by atoms with Crippen LogP contribution in [0.2, 0.25) is 0 Å². The number of amides is 2. The number of carbonyl (C=O) groups is 3. The van der Waals surface area contributed by atoms with Gasteiger partial charge in [-0.15, -0.1) is 0 Å². The number of carbonyl (C=O) groups excluding carboxylic acids is 3. The van der Waals surface area contributed by atoms with Crippen LogP contribution in [0.25, 0.3) is 0 Å². The van der Waals surface area contributed by atoms with E-state index in [2.05, 4.69) is 10.6 Å². The van der Waals surface area contributed by atoms with Gasteiger partial charge in [0.15, 0.2) is 0 Å². The van der Waals surface area contributed by atoms with E-state index in [4.69, 9.17) is 4.74 Å². The highest BCUT2D eigenvalue weighted by atomic mass is 16.5. The number of para-hydroxylation sites is 3. The van der Waals surface area contributed by atoms with Crippen LogP contribution in [-0.2, 0) is 19.1 Å². The van der Waals surface area contributed by atoms with E-state index in [0.29, 0.717) is 22.8 Å². The summed E-state index contributed by atoms with van der Waals surface area (Å²) in [4.78, 5) is 38.5. The number of benzene rings is 2. The number of ether oxygens (including phenoxy) is 1. The molecular formula is C21H21N3O4. The third-order valence-corrected chi connectivity index (χ3v) is 4.05. The molecule has 0 unspecified atom stereocenters. The molecule has 0 aliphatic carbocycles. The Kier molecular flexibility index (Phi) is 6.06. The number of esters is 1. The van der Waals surface area contributed by atoms with Gasteiger partial charge in [0.05, 0.1) is 24.4 Å². The number of nitrogens with one attached hydrogen (secondary N) is 2. The fraction of sp³-hybridized carbons (Fsp3) is 0.190. The van der Waals surface area contributed by atoms with Gasteiger partial charge in [-0.25, -0.2) is 0 Å². The van der Waals surface area contributed by atoms with Gasteiger partial charge < -0.3 is 15.4 Å². The first-order valence-electron chi connectivity index (χ1n) is 8.95. The fourth-order valence-electron chi connectivity index (χ4n) is 2.86. The van der Waals surface area contributed by atoms with E-state index in [-0.39, 0.29) is 31.4 Å². The van der Waals surface area contributed by atoms with E-state index in [1.165, 1.54) is 11.0 Å². The van der Waals surface area contributed by atoms with E-state index >= 15 is 0 Å². The summed E-state index contributed by atoms with van der Waals surface area (Å²) in [5, 5.41) is 5.87. The summed E-state index contributed by atoms with van der Waals surface area (Å²) in [6.45, 7) is 1.83. The Labute approximate surface area is 163 Å². The fourth-order valence-corrected chi connectivity index (χ4v) is 2.86. The predicted octanol–water partition coefficient (Wildman–Crippen LogP) is 2.92. The van der Waals surface area contributed by atoms with Crippen molar-refractivity contribution in [3.05, 3.63) is 66.4 Å². The first-order chi connectivity index (χ1) is 13.6. The largest absolute Gasteiger partial charge is 0.466 e. The van der Waals surface area contributed by atoms with Crippen LogP contribution in [0.3, 0.4) is 0 Å². The van der Waals surface area contributed by atoms with Crippen LogP contribution in [0.5, 0.6) is 0 Å². The lowest BCUT2D eigenvalue weighted by atomic mass is 10.2. The molecule has 0 saturated heterocycles. The summed E-state index contributed by atoms with van der Waals surface area (Å²) in [6, 6.07) is 16.2. The quantitative estimate of drug-likeness (QED) is 0.754. The molecule has 1 heterocycles. The van der Waals surface area contributed by atoms with Gasteiger partial charge in [-0.2, -0.15) is 0 Å². The number of hydrogen-bond donors (Lipinski definition) is 2. The number of nitrogens with zero attached hydrogens (tertiary/aromatic N) is 1. The van der Waals surface area contributed by atoms with Crippen LogP contribution in [0.4, 0.5) is 17.1 Å². The van der Waals surface area contributed by atoms with Crippen molar-refractivity contribution in [3.63, 3.8) is 0 Å². The Morgan fingerprint density at radius 2 is 1.79 bits per heavy atom. The molecule has 0 saturated carbocycles. The maximum atomic E-state index is 12.8. The average molecular weight is 379 g/mol. The van der Waals surface area contributed by atoms with Gasteiger partial charge in [-0.05, 0) is 31.2 Å². The Bertz CT molecular complexity index is 909. The van der Waals surface area contributed by atoms with Crippen molar-refractivity contribution in [1.29, 1.82) is 0 Å². The summed E-state index contributed by atoms with van der Waals surface area (Å²) < 4.78 is 4.96. The second-order valence-electron chi connectivity index (χ2n) is 6.13. The van der Waals surface area contributed by atoms with Gasteiger partial charge in [-0.1, -0.05) is 30.3 Å². The van der Waals surface area contributed by atoms with Gasteiger partial charge in [0.25, 0.3) is 5.91 Å². The Hall–Kier alpha value is -3.61. The molecule has 2 amide bonds. The molecule has 2 aromatic carbocycles. The Morgan fingerprint density at radius 1 is 1.07 bits per heavy atom. The third kappa shape index (κ3) is 4.76. The van der Waals surface area contributed by atoms with Crippen molar-refractivity contribution in [2.75, 3.05) is 28.7 Å². The molecule has 0 radical (unpaired) electrons. The standard InChI is InChI=1S/C21H21N3O4/c1-2-28-21(27)13-16-12-20(26)24(18-11-7-6-10-17(18)22-16)14-19(25)23-15-8-4-3-5-9-15/h3-12,22H,2,13-14H2,1H3,(H,23,25). The van der Waals surface area contributed by atoms with E-state index < -0.39 is 5.97 Å². The summed E-state index contributed by atoms with van der Waals surface area (Å²) in [6.07, 6.45) is 1.27. The van der Waals surface area contributed by atoms with Crippen LogP contribution >= 0.6 is 0 Å². The first-order valence-corrected chi connectivity index (χ1v) is 8.95. The van der Waals surface area contributed by atoms with Crippen molar-refractivity contribution in [2.24, 2.45) is 0 Å². The van der Waals surface area contributed by atoms with Crippen LogP contribution in [0, 0.1) is 0 Å². The minimum absolute atomic E-state index is 0.0576. The lowest BCUT2D eigenvalue weighted by molar-refractivity contribution is -0.142. The van der Waals surface area contributed by atoms with Gasteiger partial charge >= 0.3 is 5.97 Å². The first kappa shape index (κ1) is 19.2. The summed E-state index contributed by atoms with van der Waals surface area (Å²) in [7, 11) is 0. The van der Waals surface area contributed by atoms with Gasteiger partial charge in [0.1, 0.15) is 6.54 Å². The van der Waals surface area contributed by atoms with E-state index in [1.807, 2.05) is 24.3 Å². The molecule has 144 valence electrons. The smallest absolute Gasteiger partial charge is 0.311 e. The zero-order valence-corrected chi connectivity index (χ0v) is 15.5. The third-order valence-electron chi connectivity index (χ3n) is 4.05. The van der Waals surface area contributed by atoms with Crippen LogP contribution in [0.15, 0.2) is 66.4 Å². The summed E-state index contributed by atoms with van der Waals surface area (Å²) >= 11 is 0. The molecule has 7 heteroatoms. The molecule has 0 fully saturated rings. The van der Waals surface area contributed by atoms with E-state index in [0.717, 1.165) is 0 Å². The minimum Gasteiger partial charge on any atom is -0.466 e. The molecule has 28 heavy (non-hydrogen) atoms. The lowest BCUT2D eigenvalue weighted by Gasteiger charge is -2.21. The molecule has 1 aliphatic heterocycles. The molecule has 1 aliphatic rings. The molecular weight excluding hydrogens is 358 g/mol. The maximum absolute atomic E-state index is 12.8. The minimum atomic E-state index is -0.429. The highest BCUT2D eigenvalue weighted by Gasteiger charge is 2.25. The van der Waals surface area contributed by atoms with Crippen molar-refractivity contribution >= 4 is 34.8 Å². The Balaban J connectivity index is 1.81. The molecule has 3 rings (SSSR count). The van der Waals surface area contributed by atoms with Crippen molar-refractivity contribution in [3.8, 4) is 0 Å². The predicted molar refractivity (Wildman–Crippen MR) is 107 cm³/mol. The van der Waals surface area contributed by atoms with Crippen molar-refractivity contribution < 1.29 is 19.1 Å². The molecule has 7 nitrogen and oxygen atoms in total. The van der Waals surface area contributed by atoms with Gasteiger partial charge in [0.2, 0.25) is 5.91 Å². The number of rotatable bonds is 6. The van der Waals surface area contributed by atoms with Crippen LogP contribution in [0.1, 0.15) is 13.3 Å². The van der Waals surface area contributed by atoms with Crippen molar-refractivity contribution in [2.45, 2.75) is 13.3 Å². The van der Waals surface area contributed by atoms with Gasteiger partial charge in [0, 0.05) is 17.5 Å². The molecule has 0 spiro atoms. The van der Waals surface area contributed by atoms with E-state index in [1.54, 1.807) is 37.3 Å². The molecule has 0 bridgehead atoms. The van der Waals surface area contributed by atoms with Crippen LogP contribution < -0.4 is 15.5 Å². The summed E-state index contributed by atoms with van der Waals surface area (Å²) in [5.41, 5.74) is 2.27. The Morgan fingerprint density at radius 3 is 2.54 bits per heavy atom. The zero-order valence-electron chi connectivity index (χ0n) is 15.5. The number of anilines is 3. The molecule has 2 aromatic rings. The van der Waals surface area contributed by atoms with E-state index in [9.17, 15) is 14.4 Å². The normalized spacial score (nSPS) is 13.0. The number of hydrogen-bond acceptors (Lipinski definition) is 5. The maximum Gasteiger partial charge on any atom is 0.311 e. The molecule has 0 aromatic heterocycles. The second kappa shape index (κ2) is 8.85. The zero-order chi connectivity index (χ0) is 19.9. The monoisotopic (exact) mass is 379 g/mol.